The molecule has 0 saturated heterocycles. The molecule has 2 rings (SSSR count). The Kier molecular flexibility index (Phi) is 13.1. The van der Waals surface area contributed by atoms with Gasteiger partial charge in [0, 0.05) is 0 Å². The first-order valence-corrected chi connectivity index (χ1v) is 9.51. The Morgan fingerprint density at radius 2 is 1.16 bits per heavy atom. The standard InChI is InChI=1S/C12H14.C11H16.C2H6/c1-9(2)11-7-5-6-8-12(11)10(3)4;1-2-3-5-8-11-9-6-4-7-10-11;1-2/h5-8H,1,3H2,2,4H3;4,6-7,9-10H,2-3,5,8H2,1H3;1-2H3. The maximum Gasteiger partial charge on any atom is -0.0158 e. The Hall–Kier alpha value is -2.08. The molecule has 2 aromatic carbocycles. The summed E-state index contributed by atoms with van der Waals surface area (Å²) in [5, 5.41) is 0. The average Bonchev–Trinajstić information content (AvgIpc) is 2.65. The Balaban J connectivity index is 0.000000421. The summed E-state index contributed by atoms with van der Waals surface area (Å²) in [6.45, 7) is 18.1. The largest absolute Gasteiger partial charge is 0.0955 e. The van der Waals surface area contributed by atoms with Crippen molar-refractivity contribution in [1.29, 1.82) is 0 Å². The molecule has 0 fully saturated rings. The molecule has 25 heavy (non-hydrogen) atoms. The van der Waals surface area contributed by atoms with Gasteiger partial charge in [-0.15, -0.1) is 0 Å². The van der Waals surface area contributed by atoms with Crippen LogP contribution >= 0.6 is 0 Å². The lowest BCUT2D eigenvalue weighted by Crippen LogP contribution is -1.86. The summed E-state index contributed by atoms with van der Waals surface area (Å²) in [5.41, 5.74) is 6.05. The second-order valence-electron chi connectivity index (χ2n) is 6.05. The Morgan fingerprint density at radius 3 is 1.56 bits per heavy atom. The number of benzene rings is 2. The molecular formula is C25H36. The highest BCUT2D eigenvalue weighted by atomic mass is 14.1. The van der Waals surface area contributed by atoms with Crippen LogP contribution in [0.1, 0.15) is 70.6 Å². The third-order valence-electron chi connectivity index (χ3n) is 3.76. The molecule has 0 heteroatoms. The van der Waals surface area contributed by atoms with E-state index < -0.39 is 0 Å². The van der Waals surface area contributed by atoms with Gasteiger partial charge >= 0.3 is 0 Å². The summed E-state index contributed by atoms with van der Waals surface area (Å²) >= 11 is 0. The van der Waals surface area contributed by atoms with Crippen LogP contribution in [-0.4, -0.2) is 0 Å². The first-order valence-electron chi connectivity index (χ1n) is 9.51. The molecule has 0 N–H and O–H groups in total. The summed E-state index contributed by atoms with van der Waals surface area (Å²) in [6, 6.07) is 18.9. The molecule has 0 atom stereocenters. The van der Waals surface area contributed by atoms with Crippen LogP contribution in [0.5, 0.6) is 0 Å². The minimum atomic E-state index is 1.09. The predicted octanol–water partition coefficient (Wildman–Crippen LogP) is 8.20. The maximum absolute atomic E-state index is 3.93. The van der Waals surface area contributed by atoms with E-state index in [1.807, 2.05) is 39.8 Å². The number of hydrogen-bond acceptors (Lipinski definition) is 0. The molecule has 0 aliphatic heterocycles. The Morgan fingerprint density at radius 1 is 0.720 bits per heavy atom. The first kappa shape index (κ1) is 22.9. The van der Waals surface area contributed by atoms with E-state index in [0.717, 1.165) is 11.1 Å². The van der Waals surface area contributed by atoms with Crippen LogP contribution in [0, 0.1) is 0 Å². The van der Waals surface area contributed by atoms with Crippen LogP contribution < -0.4 is 0 Å². The second-order valence-corrected chi connectivity index (χ2v) is 6.05. The lowest BCUT2D eigenvalue weighted by Gasteiger charge is -2.07. The van der Waals surface area contributed by atoms with Gasteiger partial charge in [0.1, 0.15) is 0 Å². The van der Waals surface area contributed by atoms with Crippen molar-refractivity contribution >= 4 is 11.1 Å². The van der Waals surface area contributed by atoms with Crippen molar-refractivity contribution < 1.29 is 0 Å². The lowest BCUT2D eigenvalue weighted by atomic mass is 9.98. The van der Waals surface area contributed by atoms with Crippen molar-refractivity contribution in [3.8, 4) is 0 Å². The van der Waals surface area contributed by atoms with Crippen LogP contribution in [0.2, 0.25) is 0 Å². The number of unbranched alkanes of at least 4 members (excludes halogenated alkanes) is 2. The molecule has 136 valence electrons. The number of rotatable bonds is 6. The third-order valence-corrected chi connectivity index (χ3v) is 3.76. The summed E-state index contributed by atoms with van der Waals surface area (Å²) in [7, 11) is 0. The molecular weight excluding hydrogens is 300 g/mol. The molecule has 0 spiro atoms. The van der Waals surface area contributed by atoms with Gasteiger partial charge in [-0.25, -0.2) is 0 Å². The van der Waals surface area contributed by atoms with E-state index in [-0.39, 0.29) is 0 Å². The highest BCUT2D eigenvalue weighted by molar-refractivity contribution is 5.76. The quantitative estimate of drug-likeness (QED) is 0.466. The number of hydrogen-bond donors (Lipinski definition) is 0. The van der Waals surface area contributed by atoms with Crippen molar-refractivity contribution in [2.24, 2.45) is 0 Å². The van der Waals surface area contributed by atoms with Crippen molar-refractivity contribution in [2.45, 2.75) is 60.3 Å². The van der Waals surface area contributed by atoms with E-state index in [4.69, 9.17) is 0 Å². The van der Waals surface area contributed by atoms with Gasteiger partial charge in [-0.2, -0.15) is 0 Å². The zero-order valence-corrected chi connectivity index (χ0v) is 16.9. The lowest BCUT2D eigenvalue weighted by molar-refractivity contribution is 0.717. The van der Waals surface area contributed by atoms with E-state index in [9.17, 15) is 0 Å². The smallest absolute Gasteiger partial charge is 0.0158 e. The van der Waals surface area contributed by atoms with Gasteiger partial charge in [-0.3, -0.25) is 0 Å². The molecule has 0 aliphatic rings. The highest BCUT2D eigenvalue weighted by Crippen LogP contribution is 2.22. The normalized spacial score (nSPS) is 9.16. The van der Waals surface area contributed by atoms with E-state index >= 15 is 0 Å². The van der Waals surface area contributed by atoms with Crippen molar-refractivity contribution in [2.75, 3.05) is 0 Å². The predicted molar refractivity (Wildman–Crippen MR) is 117 cm³/mol. The Labute approximate surface area is 156 Å². The van der Waals surface area contributed by atoms with E-state index in [1.54, 1.807) is 0 Å². The van der Waals surface area contributed by atoms with E-state index in [1.165, 1.54) is 42.4 Å². The first-order chi connectivity index (χ1) is 12.1. The fourth-order valence-electron chi connectivity index (χ4n) is 2.45. The zero-order chi connectivity index (χ0) is 19.1. The van der Waals surface area contributed by atoms with Crippen LogP contribution in [0.4, 0.5) is 0 Å². The van der Waals surface area contributed by atoms with Gasteiger partial charge in [-0.1, -0.05) is 113 Å². The van der Waals surface area contributed by atoms with Gasteiger partial charge in [0.25, 0.3) is 0 Å². The number of aryl methyl sites for hydroxylation is 1. The maximum atomic E-state index is 3.93. The molecule has 0 heterocycles. The minimum Gasteiger partial charge on any atom is -0.0955 e. The molecule has 0 nitrogen and oxygen atoms in total. The molecule has 0 bridgehead atoms. The zero-order valence-electron chi connectivity index (χ0n) is 16.9. The van der Waals surface area contributed by atoms with Crippen molar-refractivity contribution in [1.82, 2.24) is 0 Å². The third kappa shape index (κ3) is 9.72. The molecule has 0 aliphatic carbocycles. The van der Waals surface area contributed by atoms with Gasteiger partial charge in [0.05, 0.1) is 0 Å². The molecule has 0 saturated carbocycles. The minimum absolute atomic E-state index is 1.09. The van der Waals surface area contributed by atoms with E-state index in [2.05, 4.69) is 62.5 Å². The van der Waals surface area contributed by atoms with Gasteiger partial charge < -0.3 is 0 Å². The summed E-state index contributed by atoms with van der Waals surface area (Å²) in [4.78, 5) is 0. The number of allylic oxidation sites excluding steroid dienone is 2. The average molecular weight is 337 g/mol. The van der Waals surface area contributed by atoms with Gasteiger partial charge in [0.2, 0.25) is 0 Å². The summed E-state index contributed by atoms with van der Waals surface area (Å²) in [5.74, 6) is 0. The molecule has 2 aromatic rings. The van der Waals surface area contributed by atoms with Crippen molar-refractivity contribution in [3.05, 3.63) is 84.4 Å². The van der Waals surface area contributed by atoms with Crippen LogP contribution in [0.25, 0.3) is 11.1 Å². The van der Waals surface area contributed by atoms with Gasteiger partial charge in [-0.05, 0) is 43.4 Å². The molecule has 0 aromatic heterocycles. The summed E-state index contributed by atoms with van der Waals surface area (Å²) in [6.07, 6.45) is 5.25. The SMILES string of the molecule is C=C(C)c1ccccc1C(=C)C.CC.CCCCCc1ccccc1. The van der Waals surface area contributed by atoms with Gasteiger partial charge in [0.15, 0.2) is 0 Å². The molecule has 0 amide bonds. The second kappa shape index (κ2) is 14.3. The van der Waals surface area contributed by atoms with Crippen LogP contribution in [0.15, 0.2) is 67.8 Å². The summed E-state index contributed by atoms with van der Waals surface area (Å²) < 4.78 is 0. The molecule has 0 radical (unpaired) electrons. The highest BCUT2D eigenvalue weighted by Gasteiger charge is 2.01. The topological polar surface area (TPSA) is 0 Å². The fraction of sp³-hybridized carbons (Fsp3) is 0.360. The monoisotopic (exact) mass is 336 g/mol. The van der Waals surface area contributed by atoms with E-state index in [0.29, 0.717) is 0 Å². The fourth-order valence-corrected chi connectivity index (χ4v) is 2.45. The molecule has 0 unspecified atom stereocenters. The van der Waals surface area contributed by atoms with Crippen LogP contribution in [0.3, 0.4) is 0 Å². The van der Waals surface area contributed by atoms with Crippen molar-refractivity contribution in [3.63, 3.8) is 0 Å². The van der Waals surface area contributed by atoms with Crippen LogP contribution in [-0.2, 0) is 6.42 Å². The Bertz CT molecular complexity index is 572.